The Morgan fingerprint density at radius 1 is 0.561 bits per heavy atom. The molecule has 0 aliphatic heterocycles. The first-order chi connectivity index (χ1) is 25.2. The molecule has 306 valence electrons. The molecular formula is C54H70Cl2Zr-2. The molecule has 5 aromatic carbocycles. The van der Waals surface area contributed by atoms with Crippen molar-refractivity contribution in [1.82, 2.24) is 0 Å². The molecule has 6 rings (SSSR count). The van der Waals surface area contributed by atoms with Gasteiger partial charge in [0, 0.05) is 0 Å². The molecular weight excluding hydrogens is 811 g/mol. The molecule has 0 amide bonds. The van der Waals surface area contributed by atoms with Crippen molar-refractivity contribution < 1.29 is 49.0 Å². The molecule has 0 aromatic heterocycles. The third kappa shape index (κ3) is 13.3. The summed E-state index contributed by atoms with van der Waals surface area (Å²) in [4.78, 5) is 0. The summed E-state index contributed by atoms with van der Waals surface area (Å²) in [6.07, 6.45) is 2.18. The van der Waals surface area contributed by atoms with Crippen molar-refractivity contribution in [2.45, 2.75) is 158 Å². The third-order valence-corrected chi connectivity index (χ3v) is 12.3. The predicted octanol–water partition coefficient (Wildman–Crippen LogP) is 8.63. The van der Waals surface area contributed by atoms with Gasteiger partial charge in [0.1, 0.15) is 0 Å². The predicted molar refractivity (Wildman–Crippen MR) is 239 cm³/mol. The Balaban J connectivity index is 0.000000302. The Morgan fingerprint density at radius 2 is 0.982 bits per heavy atom. The summed E-state index contributed by atoms with van der Waals surface area (Å²) in [7, 11) is 0. The number of benzene rings is 4. The molecule has 3 heteroatoms. The van der Waals surface area contributed by atoms with Crippen LogP contribution >= 0.6 is 0 Å². The molecule has 5 aromatic rings. The van der Waals surface area contributed by atoms with Crippen molar-refractivity contribution in [3.05, 3.63) is 158 Å². The van der Waals surface area contributed by atoms with Crippen molar-refractivity contribution in [3.63, 3.8) is 0 Å². The van der Waals surface area contributed by atoms with E-state index >= 15 is 0 Å². The second kappa shape index (κ2) is 19.3. The molecule has 0 nitrogen and oxygen atoms in total. The molecule has 1 aliphatic carbocycles. The molecule has 0 unspecified atom stereocenters. The third-order valence-electron chi connectivity index (χ3n) is 10.9. The minimum atomic E-state index is 0. The van der Waals surface area contributed by atoms with Gasteiger partial charge in [-0.05, 0) is 17.4 Å². The Bertz CT molecular complexity index is 1950. The zero-order chi connectivity index (χ0) is 41.3. The van der Waals surface area contributed by atoms with Crippen LogP contribution in [0.4, 0.5) is 0 Å². The van der Waals surface area contributed by atoms with Gasteiger partial charge in [0.05, 0.1) is 0 Å². The fourth-order valence-electron chi connectivity index (χ4n) is 7.13. The fraction of sp³-hybridized carbons (Fsp3) is 0.444. The van der Waals surface area contributed by atoms with E-state index in [0.29, 0.717) is 5.41 Å². The van der Waals surface area contributed by atoms with Gasteiger partial charge in [0.25, 0.3) is 0 Å². The van der Waals surface area contributed by atoms with E-state index in [4.69, 9.17) is 0 Å². The van der Waals surface area contributed by atoms with Crippen molar-refractivity contribution in [1.29, 1.82) is 0 Å². The van der Waals surface area contributed by atoms with Crippen LogP contribution in [0, 0.1) is 13.0 Å². The number of fused-ring (bicyclic) bond motifs is 3. The number of hydrogen-bond acceptors (Lipinski definition) is 0. The van der Waals surface area contributed by atoms with Gasteiger partial charge in [-0.3, -0.25) is 0 Å². The summed E-state index contributed by atoms with van der Waals surface area (Å²) in [6, 6.07) is 37.8. The van der Waals surface area contributed by atoms with E-state index in [9.17, 15) is 0 Å². The molecule has 57 heavy (non-hydrogen) atoms. The van der Waals surface area contributed by atoms with Crippen LogP contribution in [0.1, 0.15) is 172 Å². The zero-order valence-corrected chi connectivity index (χ0v) is 42.3. The van der Waals surface area contributed by atoms with Crippen molar-refractivity contribution in [3.8, 4) is 11.1 Å². The van der Waals surface area contributed by atoms with Gasteiger partial charge in [-0.2, -0.15) is 52.1 Å². The maximum absolute atomic E-state index is 3.53. The number of aryl methyl sites for hydroxylation is 2. The van der Waals surface area contributed by atoms with E-state index in [1.54, 1.807) is 0 Å². The average molecular weight is 881 g/mol. The van der Waals surface area contributed by atoms with Crippen LogP contribution in [-0.2, 0) is 64.2 Å². The number of hydrogen-bond donors (Lipinski definition) is 0. The zero-order valence-electron chi connectivity index (χ0n) is 38.3. The molecule has 0 spiro atoms. The summed E-state index contributed by atoms with van der Waals surface area (Å²) in [5.74, 6) is 0. The van der Waals surface area contributed by atoms with Gasteiger partial charge in [-0.15, -0.1) is 5.56 Å². The van der Waals surface area contributed by atoms with Crippen LogP contribution in [0.5, 0.6) is 0 Å². The standard InChI is InChI=1S/C21H25.C21H26.C12H19.2ClH.Zr/c1-20(2,3)16-9-7-14-11-15-8-10-17(21(4,5)6)13-19(15)18(14)12-16;1-20(2,3)18-11-7-16(8-12-18)15-17-9-13-19(14-10-17)21(4,5)6;1-6-10-7-9(2)8-11(10)12(3,4)5;;;/h7,9-10,12-13H,11H2,1-6H3;7-14H,1-6H3;7-8H,6H2,1-5H3;2*1H;/q-1;;-1;;;+2/p-2. The van der Waals surface area contributed by atoms with Gasteiger partial charge >= 0.3 is 151 Å². The largest absolute Gasteiger partial charge is 1.00 e. The fourth-order valence-corrected chi connectivity index (χ4v) is 7.95. The normalized spacial score (nSPS) is 12.5. The van der Waals surface area contributed by atoms with Gasteiger partial charge in [-0.25, -0.2) is 6.07 Å². The Kier molecular flexibility index (Phi) is 17.2. The van der Waals surface area contributed by atoms with Crippen molar-refractivity contribution in [2.24, 2.45) is 0 Å². The van der Waals surface area contributed by atoms with Crippen LogP contribution in [0.3, 0.4) is 0 Å². The SMILES string of the molecule is CC(C)(C)c1c[c-]c2c(c1)-c1cc(C(C)(C)C)ccc1C2.CC(C)(C)c1ccc([C](=[Zr+2])c2ccc(C(C)(C)C)cc2)cc1.CCc1[cH-]c(C)cc1C(C)(C)C.[Cl-].[Cl-]. The topological polar surface area (TPSA) is 0 Å². The molecule has 0 heterocycles. The first-order valence-corrected chi connectivity index (χ1v) is 21.7. The summed E-state index contributed by atoms with van der Waals surface area (Å²) >= 11 is 1.46. The molecule has 0 atom stereocenters. The van der Waals surface area contributed by atoms with Crippen molar-refractivity contribution >= 4 is 3.21 Å². The van der Waals surface area contributed by atoms with Gasteiger partial charge < -0.3 is 24.8 Å². The number of rotatable bonds is 3. The Hall–Kier alpha value is -2.44. The van der Waals surface area contributed by atoms with Crippen LogP contribution in [0.2, 0.25) is 0 Å². The Labute approximate surface area is 376 Å². The molecule has 0 saturated carbocycles. The van der Waals surface area contributed by atoms with Crippen LogP contribution < -0.4 is 24.8 Å². The summed E-state index contributed by atoms with van der Waals surface area (Å²) in [5, 5.41) is 0. The quantitative estimate of drug-likeness (QED) is 0.156. The maximum atomic E-state index is 3.53. The summed E-state index contributed by atoms with van der Waals surface area (Å²) in [6.45, 7) is 38.4. The minimum absolute atomic E-state index is 0. The van der Waals surface area contributed by atoms with Gasteiger partial charge in [0.2, 0.25) is 0 Å². The molecule has 0 fully saturated rings. The van der Waals surface area contributed by atoms with Crippen LogP contribution in [-0.4, -0.2) is 3.21 Å². The smallest absolute Gasteiger partial charge is 0.0540 e. The van der Waals surface area contributed by atoms with E-state index in [1.165, 1.54) is 99.8 Å². The molecule has 0 saturated heterocycles. The number of halogens is 2. The Morgan fingerprint density at radius 3 is 1.37 bits per heavy atom. The van der Waals surface area contributed by atoms with E-state index in [2.05, 4.69) is 215 Å². The first kappa shape index (κ1) is 50.7. The molecule has 0 N–H and O–H groups in total. The van der Waals surface area contributed by atoms with Gasteiger partial charge in [-0.1, -0.05) is 123 Å². The molecule has 1 aliphatic rings. The maximum Gasteiger partial charge on any atom is -0.0540 e. The minimum Gasteiger partial charge on any atom is -1.00 e. The van der Waals surface area contributed by atoms with Crippen LogP contribution in [0.25, 0.3) is 11.1 Å². The second-order valence-corrected chi connectivity index (χ2v) is 22.2. The summed E-state index contributed by atoms with van der Waals surface area (Å²) in [5.41, 5.74) is 19.4. The van der Waals surface area contributed by atoms with E-state index in [-0.39, 0.29) is 46.5 Å². The van der Waals surface area contributed by atoms with E-state index in [0.717, 1.165) is 12.8 Å². The van der Waals surface area contributed by atoms with E-state index in [1.807, 2.05) is 0 Å². The van der Waals surface area contributed by atoms with Crippen molar-refractivity contribution in [2.75, 3.05) is 0 Å². The van der Waals surface area contributed by atoms with Crippen LogP contribution in [0.15, 0.2) is 91.0 Å². The van der Waals surface area contributed by atoms with E-state index < -0.39 is 0 Å². The average Bonchev–Trinajstić information content (AvgIpc) is 3.66. The first-order valence-electron chi connectivity index (χ1n) is 20.5. The monoisotopic (exact) mass is 878 g/mol. The van der Waals surface area contributed by atoms with Gasteiger partial charge in [0.15, 0.2) is 0 Å². The molecule has 0 bridgehead atoms. The summed E-state index contributed by atoms with van der Waals surface area (Å²) < 4.78 is 1.42. The molecule has 0 radical (unpaired) electrons. The second-order valence-electron chi connectivity index (χ2n) is 20.9.